The zero-order valence-corrected chi connectivity index (χ0v) is 22.4. The number of fused-ring (bicyclic) bond motifs is 1. The van der Waals surface area contributed by atoms with Gasteiger partial charge in [-0.3, -0.25) is 4.79 Å². The fourth-order valence-electron chi connectivity index (χ4n) is 4.18. The van der Waals surface area contributed by atoms with Crippen LogP contribution in [0.15, 0.2) is 70.0 Å². The van der Waals surface area contributed by atoms with E-state index in [4.69, 9.17) is 0 Å². The summed E-state index contributed by atoms with van der Waals surface area (Å²) in [7, 11) is -3.60. The van der Waals surface area contributed by atoms with Crippen LogP contribution < -0.4 is 5.01 Å². The molecule has 5 rings (SSSR count). The van der Waals surface area contributed by atoms with E-state index in [1.54, 1.807) is 22.7 Å². The Morgan fingerprint density at radius 2 is 2.00 bits per heavy atom. The summed E-state index contributed by atoms with van der Waals surface area (Å²) in [6.45, 7) is 5.12. The average molecular weight is 539 g/mol. The third-order valence-electron chi connectivity index (χ3n) is 6.11. The third-order valence-corrected chi connectivity index (χ3v) is 9.79. The van der Waals surface area contributed by atoms with Crippen LogP contribution in [0.5, 0.6) is 0 Å². The lowest BCUT2D eigenvalue weighted by Crippen LogP contribution is -2.39. The summed E-state index contributed by atoms with van der Waals surface area (Å²) in [5, 5.41) is 8.15. The van der Waals surface area contributed by atoms with Gasteiger partial charge in [-0.2, -0.15) is 14.4 Å². The number of rotatable bonds is 6. The molecular weight excluding hydrogens is 513 g/mol. The van der Waals surface area contributed by atoms with Crippen LogP contribution in [0.4, 0.5) is 5.13 Å². The standard InChI is InChI=1S/C26H26N4O3S3/c1-18-7-12-23-24(15-18)35-26(28-23)30(27-16-21-6-4-14-34-21)25(31)20-8-10-22(11-9-20)36(32,33)29-13-3-5-19(2)17-29/h4,6-12,14-16,19H,3,5,13,17H2,1-2H3/b27-16+. The van der Waals surface area contributed by atoms with E-state index in [9.17, 15) is 13.2 Å². The molecule has 1 aliphatic heterocycles. The number of carbonyl (C=O) groups is 1. The number of amides is 1. The molecular formula is C26H26N4O3S3. The minimum atomic E-state index is -3.60. The number of hydrogen-bond donors (Lipinski definition) is 0. The average Bonchev–Trinajstić information content (AvgIpc) is 3.54. The van der Waals surface area contributed by atoms with Crippen molar-refractivity contribution >= 4 is 60.2 Å². The smallest absolute Gasteiger partial charge is 0.267 e. The van der Waals surface area contributed by atoms with Gasteiger partial charge in [0.05, 0.1) is 21.3 Å². The van der Waals surface area contributed by atoms with Gasteiger partial charge in [0.1, 0.15) is 0 Å². The van der Waals surface area contributed by atoms with Crippen molar-refractivity contribution in [3.63, 3.8) is 0 Å². The first-order valence-corrected chi connectivity index (χ1v) is 14.8. The number of aryl methyl sites for hydroxylation is 1. The van der Waals surface area contributed by atoms with Crippen molar-refractivity contribution in [2.45, 2.75) is 31.6 Å². The topological polar surface area (TPSA) is 82.9 Å². The number of thiazole rings is 1. The predicted octanol–water partition coefficient (Wildman–Crippen LogP) is 5.77. The highest BCUT2D eigenvalue weighted by molar-refractivity contribution is 7.89. The Kier molecular flexibility index (Phi) is 7.03. The molecule has 1 amide bonds. The minimum Gasteiger partial charge on any atom is -0.267 e. The molecule has 1 aliphatic rings. The number of anilines is 1. The Morgan fingerprint density at radius 1 is 1.19 bits per heavy atom. The molecule has 0 aliphatic carbocycles. The number of nitrogens with zero attached hydrogens (tertiary/aromatic N) is 4. The number of hydrazone groups is 1. The Hall–Kier alpha value is -2.92. The maximum Gasteiger partial charge on any atom is 0.280 e. The molecule has 1 saturated heterocycles. The number of benzene rings is 2. The van der Waals surface area contributed by atoms with E-state index in [0.29, 0.717) is 29.7 Å². The highest BCUT2D eigenvalue weighted by Gasteiger charge is 2.29. The fourth-order valence-corrected chi connectivity index (χ4v) is 7.38. The molecule has 10 heteroatoms. The van der Waals surface area contributed by atoms with E-state index in [-0.39, 0.29) is 10.8 Å². The van der Waals surface area contributed by atoms with E-state index in [2.05, 4.69) is 17.0 Å². The lowest BCUT2D eigenvalue weighted by atomic mass is 10.0. The molecule has 3 heterocycles. The molecule has 0 N–H and O–H groups in total. The monoisotopic (exact) mass is 538 g/mol. The second-order valence-corrected chi connectivity index (χ2v) is 12.9. The summed E-state index contributed by atoms with van der Waals surface area (Å²) in [6.07, 6.45) is 3.53. The number of hydrogen-bond acceptors (Lipinski definition) is 7. The number of aromatic nitrogens is 1. The van der Waals surface area contributed by atoms with Gasteiger partial charge in [-0.05, 0) is 79.1 Å². The molecule has 1 atom stereocenters. The van der Waals surface area contributed by atoms with Crippen molar-refractivity contribution in [2.75, 3.05) is 18.1 Å². The maximum absolute atomic E-state index is 13.6. The molecule has 1 unspecified atom stereocenters. The summed E-state index contributed by atoms with van der Waals surface area (Å²) < 4.78 is 28.8. The van der Waals surface area contributed by atoms with Crippen molar-refractivity contribution in [3.05, 3.63) is 76.0 Å². The first-order valence-electron chi connectivity index (χ1n) is 11.7. The van der Waals surface area contributed by atoms with Crippen LogP contribution in [0.2, 0.25) is 0 Å². The molecule has 1 fully saturated rings. The van der Waals surface area contributed by atoms with Crippen LogP contribution >= 0.6 is 22.7 Å². The second kappa shape index (κ2) is 10.2. The van der Waals surface area contributed by atoms with Gasteiger partial charge in [-0.15, -0.1) is 11.3 Å². The van der Waals surface area contributed by atoms with Gasteiger partial charge in [0, 0.05) is 23.5 Å². The normalized spacial score (nSPS) is 17.1. The lowest BCUT2D eigenvalue weighted by molar-refractivity contribution is 0.0987. The van der Waals surface area contributed by atoms with Crippen LogP contribution in [-0.4, -0.2) is 42.9 Å². The number of thiophene rings is 1. The van der Waals surface area contributed by atoms with Crippen LogP contribution in [0.25, 0.3) is 10.2 Å². The van der Waals surface area contributed by atoms with Gasteiger partial charge >= 0.3 is 0 Å². The van der Waals surface area contributed by atoms with Gasteiger partial charge in [0.15, 0.2) is 0 Å². The molecule has 2 aromatic heterocycles. The van der Waals surface area contributed by atoms with E-state index >= 15 is 0 Å². The van der Waals surface area contributed by atoms with E-state index in [1.807, 2.05) is 42.6 Å². The van der Waals surface area contributed by atoms with Crippen LogP contribution in [0.3, 0.4) is 0 Å². The van der Waals surface area contributed by atoms with Gasteiger partial charge < -0.3 is 0 Å². The van der Waals surface area contributed by atoms with Crippen molar-refractivity contribution in [2.24, 2.45) is 11.0 Å². The summed E-state index contributed by atoms with van der Waals surface area (Å²) in [5.74, 6) is -0.0455. The largest absolute Gasteiger partial charge is 0.280 e. The quantitative estimate of drug-likeness (QED) is 0.231. The van der Waals surface area contributed by atoms with Crippen molar-refractivity contribution in [1.82, 2.24) is 9.29 Å². The predicted molar refractivity (Wildman–Crippen MR) is 147 cm³/mol. The number of carbonyl (C=O) groups excluding carboxylic acids is 1. The molecule has 7 nitrogen and oxygen atoms in total. The van der Waals surface area contributed by atoms with Crippen molar-refractivity contribution in [3.8, 4) is 0 Å². The Bertz CT molecular complexity index is 1510. The van der Waals surface area contributed by atoms with E-state index in [1.165, 1.54) is 39.8 Å². The van der Waals surface area contributed by atoms with Crippen molar-refractivity contribution < 1.29 is 13.2 Å². The fraction of sp³-hybridized carbons (Fsp3) is 0.269. The van der Waals surface area contributed by atoms with Gasteiger partial charge in [-0.25, -0.2) is 13.4 Å². The molecule has 0 radical (unpaired) electrons. The van der Waals surface area contributed by atoms with Crippen LogP contribution in [0.1, 0.15) is 40.6 Å². The Morgan fingerprint density at radius 3 is 2.72 bits per heavy atom. The first-order chi connectivity index (χ1) is 17.3. The second-order valence-electron chi connectivity index (χ2n) is 8.98. The zero-order chi connectivity index (χ0) is 25.3. The highest BCUT2D eigenvalue weighted by Crippen LogP contribution is 2.31. The molecule has 186 valence electrons. The number of sulfonamides is 1. The lowest BCUT2D eigenvalue weighted by Gasteiger charge is -2.30. The molecule has 0 bridgehead atoms. The molecule has 0 spiro atoms. The summed E-state index contributed by atoms with van der Waals surface area (Å²) in [4.78, 5) is 19.3. The number of piperidine rings is 1. The highest BCUT2D eigenvalue weighted by atomic mass is 32.2. The Balaban J connectivity index is 1.46. The molecule has 36 heavy (non-hydrogen) atoms. The summed E-state index contributed by atoms with van der Waals surface area (Å²) >= 11 is 2.90. The van der Waals surface area contributed by atoms with Gasteiger partial charge in [0.25, 0.3) is 5.91 Å². The maximum atomic E-state index is 13.6. The summed E-state index contributed by atoms with van der Waals surface area (Å²) in [6, 6.07) is 15.9. The Labute approximate surface area is 218 Å². The molecule has 4 aromatic rings. The van der Waals surface area contributed by atoms with Crippen LogP contribution in [0, 0.1) is 12.8 Å². The van der Waals surface area contributed by atoms with E-state index in [0.717, 1.165) is 33.5 Å². The van der Waals surface area contributed by atoms with Crippen molar-refractivity contribution in [1.29, 1.82) is 0 Å². The minimum absolute atomic E-state index is 0.192. The first kappa shape index (κ1) is 24.8. The molecule has 0 saturated carbocycles. The SMILES string of the molecule is Cc1ccc2nc(N(/N=C/c3cccs3)C(=O)c3ccc(S(=O)(=O)N4CCCC(C)C4)cc3)sc2c1. The van der Waals surface area contributed by atoms with Crippen LogP contribution in [-0.2, 0) is 10.0 Å². The third kappa shape index (κ3) is 5.12. The zero-order valence-electron chi connectivity index (χ0n) is 20.0. The van der Waals surface area contributed by atoms with Gasteiger partial charge in [-0.1, -0.05) is 30.4 Å². The summed E-state index contributed by atoms with van der Waals surface area (Å²) in [5.41, 5.74) is 2.24. The molecule has 2 aromatic carbocycles. The van der Waals surface area contributed by atoms with Gasteiger partial charge in [0.2, 0.25) is 15.2 Å². The van der Waals surface area contributed by atoms with E-state index < -0.39 is 10.0 Å².